The fraction of sp³-hybridized carbons (Fsp3) is 0.533. The number of benzene rings is 1. The third-order valence-corrected chi connectivity index (χ3v) is 5.11. The molecule has 0 N–H and O–H groups in total. The Kier molecular flexibility index (Phi) is 4.75. The van der Waals surface area contributed by atoms with Crippen molar-refractivity contribution in [1.29, 1.82) is 0 Å². The first-order valence-corrected chi connectivity index (χ1v) is 7.61. The molecule has 1 aromatic carbocycles. The van der Waals surface area contributed by atoms with Gasteiger partial charge in [-0.1, -0.05) is 30.3 Å². The normalized spacial score (nSPS) is 28.4. The van der Waals surface area contributed by atoms with Crippen molar-refractivity contribution in [3.05, 3.63) is 30.3 Å². The second kappa shape index (κ2) is 6.33. The molecule has 0 spiro atoms. The summed E-state index contributed by atoms with van der Waals surface area (Å²) in [6.45, 7) is 5.17. The Hall–Kier alpha value is -1.16. The highest BCUT2D eigenvalue weighted by atomic mass is 32.2. The van der Waals surface area contributed by atoms with Crippen LogP contribution < -0.4 is 0 Å². The second-order valence-corrected chi connectivity index (χ2v) is 6.06. The Morgan fingerprint density at radius 2 is 2.16 bits per heavy atom. The summed E-state index contributed by atoms with van der Waals surface area (Å²) in [5, 5.41) is 4.07. The number of hydrogen-bond acceptors (Lipinski definition) is 4. The zero-order chi connectivity index (χ0) is 13.7. The van der Waals surface area contributed by atoms with E-state index in [9.17, 15) is 0 Å². The molecule has 0 radical (unpaired) electrons. The fourth-order valence-electron chi connectivity index (χ4n) is 2.41. The molecule has 4 heteroatoms. The predicted octanol–water partition coefficient (Wildman–Crippen LogP) is 3.80. The lowest BCUT2D eigenvalue weighted by atomic mass is 9.79. The first kappa shape index (κ1) is 14.3. The van der Waals surface area contributed by atoms with Crippen LogP contribution in [0.15, 0.2) is 40.4 Å². The van der Waals surface area contributed by atoms with Crippen molar-refractivity contribution >= 4 is 17.7 Å². The molecule has 1 saturated heterocycles. The largest absolute Gasteiger partial charge is 0.478 e. The zero-order valence-corrected chi connectivity index (χ0v) is 12.6. The monoisotopic (exact) mass is 279 g/mol. The first-order chi connectivity index (χ1) is 9.20. The molecule has 19 heavy (non-hydrogen) atoms. The van der Waals surface area contributed by atoms with Crippen LogP contribution in [0.4, 0.5) is 0 Å². The van der Waals surface area contributed by atoms with Crippen molar-refractivity contribution in [2.75, 3.05) is 19.5 Å². The van der Waals surface area contributed by atoms with E-state index in [0.717, 1.165) is 24.7 Å². The molecule has 0 amide bonds. The van der Waals surface area contributed by atoms with E-state index >= 15 is 0 Å². The zero-order valence-electron chi connectivity index (χ0n) is 11.8. The highest BCUT2D eigenvalue weighted by Crippen LogP contribution is 2.42. The molecule has 1 fully saturated rings. The van der Waals surface area contributed by atoms with Crippen molar-refractivity contribution in [2.45, 2.75) is 25.2 Å². The van der Waals surface area contributed by atoms with Crippen LogP contribution >= 0.6 is 11.8 Å². The van der Waals surface area contributed by atoms with Gasteiger partial charge >= 0.3 is 0 Å². The molecule has 0 bridgehead atoms. The van der Waals surface area contributed by atoms with Crippen molar-refractivity contribution < 1.29 is 9.57 Å². The highest BCUT2D eigenvalue weighted by Gasteiger charge is 2.46. The van der Waals surface area contributed by atoms with E-state index in [1.165, 1.54) is 4.90 Å². The van der Waals surface area contributed by atoms with Gasteiger partial charge in [-0.15, -0.1) is 11.8 Å². The minimum absolute atomic E-state index is 0.0503. The Morgan fingerprint density at radius 1 is 1.42 bits per heavy atom. The van der Waals surface area contributed by atoms with Gasteiger partial charge in [0.1, 0.15) is 7.11 Å². The molecule has 2 atom stereocenters. The van der Waals surface area contributed by atoms with Gasteiger partial charge in [0.2, 0.25) is 5.90 Å². The van der Waals surface area contributed by atoms with Crippen LogP contribution in [0.3, 0.4) is 0 Å². The topological polar surface area (TPSA) is 30.8 Å². The average molecular weight is 279 g/mol. The standard InChI is InChI=1S/C15H21NO2S/c1-4-12-10-18-14(16-17-3)15(12,2)11-19-13-8-6-5-7-9-13/h5-9,12H,4,10-11H2,1-3H3/b16-14-/t12-,15-/m0/s1. The Bertz CT molecular complexity index is 435. The predicted molar refractivity (Wildman–Crippen MR) is 79.5 cm³/mol. The maximum absolute atomic E-state index is 5.71. The van der Waals surface area contributed by atoms with Gasteiger partial charge in [0.05, 0.1) is 12.0 Å². The third kappa shape index (κ3) is 3.06. The van der Waals surface area contributed by atoms with Crippen LogP contribution in [0.1, 0.15) is 20.3 Å². The van der Waals surface area contributed by atoms with Crippen molar-refractivity contribution in [3.8, 4) is 0 Å². The van der Waals surface area contributed by atoms with Crippen LogP contribution in [0.2, 0.25) is 0 Å². The van der Waals surface area contributed by atoms with Crippen molar-refractivity contribution in [2.24, 2.45) is 16.5 Å². The van der Waals surface area contributed by atoms with Gasteiger partial charge in [-0.3, -0.25) is 0 Å². The van der Waals surface area contributed by atoms with Gasteiger partial charge in [0.15, 0.2) is 0 Å². The number of hydrogen-bond donors (Lipinski definition) is 0. The minimum atomic E-state index is -0.0503. The molecule has 1 heterocycles. The number of nitrogens with zero attached hydrogens (tertiary/aromatic N) is 1. The number of ether oxygens (including phenoxy) is 1. The lowest BCUT2D eigenvalue weighted by molar-refractivity contribution is 0.194. The van der Waals surface area contributed by atoms with Crippen LogP contribution in [0.25, 0.3) is 0 Å². The summed E-state index contributed by atoms with van der Waals surface area (Å²) < 4.78 is 5.71. The van der Waals surface area contributed by atoms with Gasteiger partial charge in [0.25, 0.3) is 0 Å². The second-order valence-electron chi connectivity index (χ2n) is 5.01. The molecule has 0 aromatic heterocycles. The van der Waals surface area contributed by atoms with Crippen LogP contribution in [0.5, 0.6) is 0 Å². The van der Waals surface area contributed by atoms with Crippen LogP contribution in [-0.2, 0) is 9.57 Å². The molecule has 1 aromatic rings. The molecule has 0 aliphatic carbocycles. The van der Waals surface area contributed by atoms with Gasteiger partial charge in [-0.2, -0.15) is 0 Å². The molecule has 0 saturated carbocycles. The smallest absolute Gasteiger partial charge is 0.232 e. The summed E-state index contributed by atoms with van der Waals surface area (Å²) in [4.78, 5) is 6.20. The van der Waals surface area contributed by atoms with Gasteiger partial charge in [-0.25, -0.2) is 0 Å². The maximum atomic E-state index is 5.71. The van der Waals surface area contributed by atoms with E-state index in [1.807, 2.05) is 17.8 Å². The number of thioether (sulfide) groups is 1. The Morgan fingerprint density at radius 3 is 2.79 bits per heavy atom. The van der Waals surface area contributed by atoms with E-state index in [4.69, 9.17) is 9.57 Å². The Labute approximate surface area is 119 Å². The number of oxime groups is 1. The van der Waals surface area contributed by atoms with Crippen LogP contribution in [-0.4, -0.2) is 25.4 Å². The Balaban J connectivity index is 2.11. The van der Waals surface area contributed by atoms with Gasteiger partial charge in [0, 0.05) is 16.6 Å². The molecule has 3 nitrogen and oxygen atoms in total. The highest BCUT2D eigenvalue weighted by molar-refractivity contribution is 7.99. The molecular formula is C15H21NO2S. The van der Waals surface area contributed by atoms with Gasteiger partial charge < -0.3 is 9.57 Å². The summed E-state index contributed by atoms with van der Waals surface area (Å²) in [5.74, 6) is 2.19. The molecular weight excluding hydrogens is 258 g/mol. The molecule has 2 rings (SSSR count). The van der Waals surface area contributed by atoms with Gasteiger partial charge in [-0.05, 0) is 25.5 Å². The average Bonchev–Trinajstić information content (AvgIpc) is 2.75. The number of rotatable bonds is 5. The van der Waals surface area contributed by atoms with E-state index in [0.29, 0.717) is 5.92 Å². The van der Waals surface area contributed by atoms with Crippen molar-refractivity contribution in [3.63, 3.8) is 0 Å². The lowest BCUT2D eigenvalue weighted by Gasteiger charge is -2.27. The first-order valence-electron chi connectivity index (χ1n) is 6.63. The molecule has 1 aliphatic rings. The third-order valence-electron chi connectivity index (χ3n) is 3.76. The van der Waals surface area contributed by atoms with E-state index in [2.05, 4.69) is 43.3 Å². The lowest BCUT2D eigenvalue weighted by Crippen LogP contribution is -2.32. The van der Waals surface area contributed by atoms with E-state index in [1.54, 1.807) is 7.11 Å². The molecule has 0 unspecified atom stereocenters. The SMILES string of the molecule is CC[C@H]1CO/C(=N\OC)[C@@]1(C)CSc1ccccc1. The maximum Gasteiger partial charge on any atom is 0.232 e. The summed E-state index contributed by atoms with van der Waals surface area (Å²) in [7, 11) is 1.57. The quantitative estimate of drug-likeness (QED) is 0.607. The molecule has 1 aliphatic heterocycles. The summed E-state index contributed by atoms with van der Waals surface area (Å²) >= 11 is 1.85. The summed E-state index contributed by atoms with van der Waals surface area (Å²) in [5.41, 5.74) is -0.0503. The fourth-order valence-corrected chi connectivity index (χ4v) is 3.59. The van der Waals surface area contributed by atoms with E-state index < -0.39 is 0 Å². The van der Waals surface area contributed by atoms with E-state index in [-0.39, 0.29) is 5.41 Å². The van der Waals surface area contributed by atoms with Crippen LogP contribution in [0, 0.1) is 11.3 Å². The minimum Gasteiger partial charge on any atom is -0.478 e. The van der Waals surface area contributed by atoms with Crippen molar-refractivity contribution in [1.82, 2.24) is 0 Å². The summed E-state index contributed by atoms with van der Waals surface area (Å²) in [6, 6.07) is 10.4. The summed E-state index contributed by atoms with van der Waals surface area (Å²) in [6.07, 6.45) is 1.09. The molecule has 104 valence electrons.